The summed E-state index contributed by atoms with van der Waals surface area (Å²) in [6, 6.07) is 8.11. The molecule has 4 N–H and O–H groups in total. The van der Waals surface area contributed by atoms with Gasteiger partial charge in [-0.15, -0.1) is 0 Å². The van der Waals surface area contributed by atoms with E-state index in [-0.39, 0.29) is 11.5 Å². The Balaban J connectivity index is 2.27. The molecule has 0 saturated heterocycles. The molecule has 0 unspecified atom stereocenters. The number of amides is 1. The Morgan fingerprint density at radius 2 is 2.20 bits per heavy atom. The predicted octanol–water partition coefficient (Wildman–Crippen LogP) is 2.10. The lowest BCUT2D eigenvalue weighted by Gasteiger charge is -2.40. The number of methoxy groups -OCH3 is 1. The molecule has 5 nitrogen and oxygen atoms in total. The van der Waals surface area contributed by atoms with E-state index in [0.717, 1.165) is 37.0 Å². The molecule has 0 bridgehead atoms. The van der Waals surface area contributed by atoms with Crippen LogP contribution in [0.4, 0.5) is 4.79 Å². The third kappa shape index (κ3) is 3.22. The van der Waals surface area contributed by atoms with Crippen molar-refractivity contribution in [2.75, 3.05) is 13.7 Å². The first-order valence-corrected chi connectivity index (χ1v) is 6.93. The molecular weight excluding hydrogens is 256 g/mol. The fraction of sp³-hybridized carbons (Fsp3) is 0.533. The summed E-state index contributed by atoms with van der Waals surface area (Å²) in [7, 11) is 1.64. The van der Waals surface area contributed by atoms with Gasteiger partial charge in [0.05, 0.1) is 7.11 Å². The molecule has 5 heteroatoms. The number of nitrogens with one attached hydrogen (secondary N) is 1. The highest BCUT2D eigenvalue weighted by Crippen LogP contribution is 2.39. The van der Waals surface area contributed by atoms with E-state index in [1.54, 1.807) is 7.11 Å². The summed E-state index contributed by atoms with van der Waals surface area (Å²) in [5.74, 6) is 0.798. The molecule has 0 radical (unpaired) electrons. The summed E-state index contributed by atoms with van der Waals surface area (Å²) in [6.07, 6.45) is 2.63. The molecule has 0 spiro atoms. The van der Waals surface area contributed by atoms with Crippen molar-refractivity contribution in [3.63, 3.8) is 0 Å². The van der Waals surface area contributed by atoms with Crippen LogP contribution in [0.1, 0.15) is 31.2 Å². The van der Waals surface area contributed by atoms with Crippen LogP contribution in [0.2, 0.25) is 0 Å². The highest BCUT2D eigenvalue weighted by molar-refractivity contribution is 5.64. The largest absolute Gasteiger partial charge is 0.497 e. The van der Waals surface area contributed by atoms with Crippen molar-refractivity contribution >= 4 is 6.09 Å². The van der Waals surface area contributed by atoms with Crippen molar-refractivity contribution in [2.45, 2.75) is 37.1 Å². The maximum atomic E-state index is 10.8. The van der Waals surface area contributed by atoms with Crippen molar-refractivity contribution in [3.05, 3.63) is 29.8 Å². The first kappa shape index (κ1) is 14.7. The van der Waals surface area contributed by atoms with Crippen molar-refractivity contribution in [3.8, 4) is 5.75 Å². The summed E-state index contributed by atoms with van der Waals surface area (Å²) in [4.78, 5) is 10.8. The van der Waals surface area contributed by atoms with Crippen LogP contribution in [0, 0.1) is 0 Å². The normalized spacial score (nSPS) is 26.0. The second-order valence-corrected chi connectivity index (χ2v) is 5.51. The highest BCUT2D eigenvalue weighted by atomic mass is 16.5. The summed E-state index contributed by atoms with van der Waals surface area (Å²) < 4.78 is 5.28. The van der Waals surface area contributed by atoms with E-state index in [4.69, 9.17) is 15.6 Å². The molecule has 1 aliphatic rings. The number of ether oxygens (including phenoxy) is 1. The smallest absolute Gasteiger partial charge is 0.404 e. The standard InChI is InChI=1S/C15H22N2O3/c1-20-13-4-2-3-11(9-13)15(10-17-14(18)19)7-5-12(16)6-8-15/h2-4,9,12,17H,5-8,10,16H2,1H3,(H,18,19). The minimum atomic E-state index is -0.984. The van der Waals surface area contributed by atoms with E-state index in [1.165, 1.54) is 0 Å². The molecule has 1 amide bonds. The topological polar surface area (TPSA) is 84.6 Å². The Labute approximate surface area is 119 Å². The number of nitrogens with two attached hydrogens (primary N) is 1. The van der Waals surface area contributed by atoms with E-state index in [2.05, 4.69) is 5.32 Å². The summed E-state index contributed by atoms with van der Waals surface area (Å²) in [5.41, 5.74) is 6.93. The van der Waals surface area contributed by atoms with Gasteiger partial charge in [-0.2, -0.15) is 0 Å². The Hall–Kier alpha value is -1.75. The average molecular weight is 278 g/mol. The van der Waals surface area contributed by atoms with Gasteiger partial charge in [-0.3, -0.25) is 0 Å². The number of rotatable bonds is 4. The van der Waals surface area contributed by atoms with Crippen molar-refractivity contribution in [2.24, 2.45) is 5.73 Å². The van der Waals surface area contributed by atoms with E-state index in [9.17, 15) is 4.79 Å². The van der Waals surface area contributed by atoms with Gasteiger partial charge >= 0.3 is 6.09 Å². The van der Waals surface area contributed by atoms with Crippen molar-refractivity contribution in [1.29, 1.82) is 0 Å². The fourth-order valence-electron chi connectivity index (χ4n) is 2.96. The molecular formula is C15H22N2O3. The molecule has 1 fully saturated rings. The Kier molecular flexibility index (Phi) is 4.49. The van der Waals surface area contributed by atoms with Crippen molar-refractivity contribution < 1.29 is 14.6 Å². The molecule has 0 atom stereocenters. The number of hydrogen-bond donors (Lipinski definition) is 3. The quantitative estimate of drug-likeness (QED) is 0.787. The monoisotopic (exact) mass is 278 g/mol. The van der Waals surface area contributed by atoms with Gasteiger partial charge in [-0.25, -0.2) is 4.79 Å². The van der Waals surface area contributed by atoms with E-state index >= 15 is 0 Å². The van der Waals surface area contributed by atoms with Gasteiger partial charge in [0.15, 0.2) is 0 Å². The molecule has 20 heavy (non-hydrogen) atoms. The lowest BCUT2D eigenvalue weighted by Crippen LogP contribution is -2.45. The highest BCUT2D eigenvalue weighted by Gasteiger charge is 2.36. The van der Waals surface area contributed by atoms with E-state index < -0.39 is 6.09 Å². The lowest BCUT2D eigenvalue weighted by molar-refractivity contribution is 0.185. The van der Waals surface area contributed by atoms with Gasteiger partial charge in [0.1, 0.15) is 5.75 Å². The minimum absolute atomic E-state index is 0.178. The maximum absolute atomic E-state index is 10.8. The van der Waals surface area contributed by atoms with Gasteiger partial charge in [0.2, 0.25) is 0 Å². The SMILES string of the molecule is COc1cccc(C2(CNC(=O)O)CCC(N)CC2)c1. The van der Waals surface area contributed by atoms with Gasteiger partial charge in [-0.05, 0) is 43.4 Å². The molecule has 0 aliphatic heterocycles. The molecule has 1 aromatic carbocycles. The zero-order chi connectivity index (χ0) is 14.6. The van der Waals surface area contributed by atoms with Crippen molar-refractivity contribution in [1.82, 2.24) is 5.32 Å². The van der Waals surface area contributed by atoms with Crippen LogP contribution in [0.15, 0.2) is 24.3 Å². The number of benzene rings is 1. The first-order chi connectivity index (χ1) is 9.55. The summed E-state index contributed by atoms with van der Waals surface area (Å²) >= 11 is 0. The van der Waals surface area contributed by atoms with E-state index in [0.29, 0.717) is 6.54 Å². The molecule has 1 aromatic rings. The van der Waals surface area contributed by atoms with Crippen LogP contribution in [0.3, 0.4) is 0 Å². The summed E-state index contributed by atoms with van der Waals surface area (Å²) in [5, 5.41) is 11.4. The fourth-order valence-corrected chi connectivity index (χ4v) is 2.96. The molecule has 2 rings (SSSR count). The second-order valence-electron chi connectivity index (χ2n) is 5.51. The molecule has 1 saturated carbocycles. The van der Waals surface area contributed by atoms with Crippen LogP contribution < -0.4 is 15.8 Å². The average Bonchev–Trinajstić information content (AvgIpc) is 2.47. The summed E-state index contributed by atoms with van der Waals surface area (Å²) in [6.45, 7) is 0.419. The van der Waals surface area contributed by atoms with Crippen LogP contribution >= 0.6 is 0 Å². The van der Waals surface area contributed by atoms with Crippen LogP contribution in [-0.4, -0.2) is 30.9 Å². The zero-order valence-corrected chi connectivity index (χ0v) is 11.8. The second kappa shape index (κ2) is 6.13. The van der Waals surface area contributed by atoms with Crippen LogP contribution in [0.5, 0.6) is 5.75 Å². The Morgan fingerprint density at radius 1 is 1.50 bits per heavy atom. The lowest BCUT2D eigenvalue weighted by atomic mass is 9.68. The molecule has 0 aromatic heterocycles. The first-order valence-electron chi connectivity index (χ1n) is 6.93. The van der Waals surface area contributed by atoms with E-state index in [1.807, 2.05) is 24.3 Å². The van der Waals surface area contributed by atoms with Gasteiger partial charge in [0, 0.05) is 18.0 Å². The van der Waals surface area contributed by atoms with Gasteiger partial charge in [-0.1, -0.05) is 12.1 Å². The Bertz CT molecular complexity index is 468. The van der Waals surface area contributed by atoms with Crippen LogP contribution in [0.25, 0.3) is 0 Å². The molecule has 110 valence electrons. The minimum Gasteiger partial charge on any atom is -0.497 e. The molecule has 1 aliphatic carbocycles. The number of carboxylic acid groups (broad SMARTS) is 1. The third-order valence-electron chi connectivity index (χ3n) is 4.25. The van der Waals surface area contributed by atoms with Gasteiger partial charge in [0.25, 0.3) is 0 Å². The van der Waals surface area contributed by atoms with Gasteiger partial charge < -0.3 is 20.9 Å². The Morgan fingerprint density at radius 3 is 2.80 bits per heavy atom. The third-order valence-corrected chi connectivity index (χ3v) is 4.25. The predicted molar refractivity (Wildman–Crippen MR) is 77.1 cm³/mol. The maximum Gasteiger partial charge on any atom is 0.404 e. The zero-order valence-electron chi connectivity index (χ0n) is 11.8. The number of hydrogen-bond acceptors (Lipinski definition) is 3. The van der Waals surface area contributed by atoms with Crippen LogP contribution in [-0.2, 0) is 5.41 Å². The number of carbonyl (C=O) groups is 1. The molecule has 0 heterocycles.